The maximum Gasteiger partial charge on any atom is 0.434 e. The molecule has 0 unspecified atom stereocenters. The van der Waals surface area contributed by atoms with Crippen molar-refractivity contribution in [3.8, 4) is 0 Å². The maximum absolute atomic E-state index is 10.5. The highest BCUT2D eigenvalue weighted by Crippen LogP contribution is 2.02. The number of amides is 2. The fourth-order valence-corrected chi connectivity index (χ4v) is 0.491. The van der Waals surface area contributed by atoms with Gasteiger partial charge in [-0.05, 0) is 5.16 Å². The molecule has 2 amide bonds. The Kier molecular flexibility index (Phi) is 2.40. The van der Waals surface area contributed by atoms with E-state index in [0.29, 0.717) is 0 Å². The molecule has 0 bridgehead atoms. The monoisotopic (exact) mass is 187 g/mol. The summed E-state index contributed by atoms with van der Waals surface area (Å²) in [5.74, 6) is 3.26. The number of hydrogen-bond acceptors (Lipinski definition) is 7. The molecule has 0 saturated heterocycles. The number of aromatic nitrogens is 2. The van der Waals surface area contributed by atoms with Crippen LogP contribution >= 0.6 is 0 Å². The highest BCUT2D eigenvalue weighted by atomic mass is 16.7. The van der Waals surface area contributed by atoms with Crippen LogP contribution in [0.2, 0.25) is 0 Å². The van der Waals surface area contributed by atoms with Gasteiger partial charge in [-0.3, -0.25) is 4.79 Å². The Bertz CT molecular complexity index is 333. The van der Waals surface area contributed by atoms with Crippen molar-refractivity contribution in [2.45, 2.75) is 0 Å². The summed E-state index contributed by atoms with van der Waals surface area (Å²) in [6.45, 7) is 0. The molecule has 1 heterocycles. The van der Waals surface area contributed by atoms with Gasteiger partial charge >= 0.3 is 12.1 Å². The molecule has 9 nitrogen and oxygen atoms in total. The summed E-state index contributed by atoms with van der Waals surface area (Å²) in [5, 5.41) is 5.06. The Morgan fingerprint density at radius 1 is 1.54 bits per heavy atom. The first-order valence-electron chi connectivity index (χ1n) is 2.94. The molecule has 0 aromatic carbocycles. The van der Waals surface area contributed by atoms with Crippen molar-refractivity contribution in [2.75, 3.05) is 5.32 Å². The van der Waals surface area contributed by atoms with E-state index in [0.717, 1.165) is 0 Å². The summed E-state index contributed by atoms with van der Waals surface area (Å²) in [4.78, 5) is 28.0. The van der Waals surface area contributed by atoms with Gasteiger partial charge in [0, 0.05) is 0 Å². The van der Waals surface area contributed by atoms with Gasteiger partial charge in [-0.25, -0.2) is 10.1 Å². The van der Waals surface area contributed by atoms with Crippen LogP contribution in [-0.4, -0.2) is 22.1 Å². The van der Waals surface area contributed by atoms with E-state index >= 15 is 0 Å². The average Bonchev–Trinajstić information content (AvgIpc) is 2.52. The lowest BCUT2D eigenvalue weighted by Crippen LogP contribution is -2.18. The van der Waals surface area contributed by atoms with Crippen molar-refractivity contribution in [3.63, 3.8) is 0 Å². The minimum atomic E-state index is -1.00. The van der Waals surface area contributed by atoms with E-state index in [1.807, 2.05) is 5.32 Å². The summed E-state index contributed by atoms with van der Waals surface area (Å²) in [6.07, 6.45) is -1.00. The third kappa shape index (κ3) is 2.13. The molecule has 5 N–H and O–H groups in total. The lowest BCUT2D eigenvalue weighted by atomic mass is 10.6. The second kappa shape index (κ2) is 3.49. The summed E-state index contributed by atoms with van der Waals surface area (Å²) in [6, 6.07) is -0.329. The van der Waals surface area contributed by atoms with Crippen LogP contribution in [-0.2, 0) is 4.84 Å². The molecule has 1 aromatic heterocycles. The molecule has 0 spiro atoms. The van der Waals surface area contributed by atoms with Gasteiger partial charge < -0.3 is 15.1 Å². The van der Waals surface area contributed by atoms with Crippen LogP contribution in [0.1, 0.15) is 10.6 Å². The summed E-state index contributed by atoms with van der Waals surface area (Å²) >= 11 is 0. The second-order valence-electron chi connectivity index (χ2n) is 1.82. The van der Waals surface area contributed by atoms with E-state index in [2.05, 4.69) is 25.4 Å². The van der Waals surface area contributed by atoms with Crippen molar-refractivity contribution in [1.29, 1.82) is 0 Å². The molecule has 9 heteroatoms. The topological polar surface area (TPSA) is 146 Å². The zero-order chi connectivity index (χ0) is 9.84. The van der Waals surface area contributed by atoms with E-state index in [4.69, 9.17) is 5.73 Å². The van der Waals surface area contributed by atoms with Crippen LogP contribution in [0.15, 0.2) is 4.52 Å². The van der Waals surface area contributed by atoms with Gasteiger partial charge in [-0.2, -0.15) is 10.9 Å². The molecule has 0 atom stereocenters. The number of anilines is 1. The van der Waals surface area contributed by atoms with Gasteiger partial charge in [0.1, 0.15) is 0 Å². The minimum absolute atomic E-state index is 0.329. The van der Waals surface area contributed by atoms with Crippen molar-refractivity contribution in [2.24, 2.45) is 11.6 Å². The van der Waals surface area contributed by atoms with Crippen molar-refractivity contribution >= 4 is 18.0 Å². The molecule has 0 aliphatic rings. The molecule has 0 saturated carbocycles. The number of nitrogens with one attached hydrogen (secondary N) is 1. The molecule has 0 aliphatic carbocycles. The molecule has 0 aliphatic heterocycles. The highest BCUT2D eigenvalue weighted by molar-refractivity contribution is 5.89. The van der Waals surface area contributed by atoms with Gasteiger partial charge in [0.2, 0.25) is 0 Å². The predicted molar refractivity (Wildman–Crippen MR) is 37.1 cm³/mol. The molecule has 70 valence electrons. The van der Waals surface area contributed by atoms with Crippen LogP contribution in [0, 0.1) is 0 Å². The van der Waals surface area contributed by atoms with E-state index in [1.54, 1.807) is 0 Å². The fourth-order valence-electron chi connectivity index (χ4n) is 0.491. The molecule has 1 aromatic rings. The number of carbonyl (C=O) groups is 2. The standard InChI is InChI=1S/C4H5N5O4/c5-1(10)2-7-3(13-9-2)8-4(11)12-6/h6H2,(H2,5,10)(H,7,8,9,11). The third-order valence-electron chi connectivity index (χ3n) is 0.962. The van der Waals surface area contributed by atoms with E-state index in [9.17, 15) is 9.59 Å². The largest absolute Gasteiger partial charge is 0.434 e. The number of carbonyl (C=O) groups excluding carboxylic acids is 2. The Morgan fingerprint density at radius 3 is 2.69 bits per heavy atom. The zero-order valence-electron chi connectivity index (χ0n) is 6.18. The normalized spacial score (nSPS) is 9.31. The molecule has 0 radical (unpaired) electrons. The van der Waals surface area contributed by atoms with Crippen molar-refractivity contribution in [3.05, 3.63) is 5.82 Å². The lowest BCUT2D eigenvalue weighted by molar-refractivity contribution is 0.0987. The quantitative estimate of drug-likeness (QED) is 0.482. The van der Waals surface area contributed by atoms with Crippen molar-refractivity contribution < 1.29 is 18.9 Å². The second-order valence-corrected chi connectivity index (χ2v) is 1.82. The van der Waals surface area contributed by atoms with E-state index in [-0.39, 0.29) is 11.8 Å². The van der Waals surface area contributed by atoms with Gasteiger partial charge in [-0.1, -0.05) is 0 Å². The first-order valence-corrected chi connectivity index (χ1v) is 2.94. The lowest BCUT2D eigenvalue weighted by Gasteiger charge is -1.93. The number of rotatable bonds is 2. The summed E-state index contributed by atoms with van der Waals surface area (Å²) < 4.78 is 4.37. The number of primary amides is 1. The SMILES string of the molecule is NOC(=O)Nc1nc(C(N)=O)no1. The number of nitrogens with zero attached hydrogens (tertiary/aromatic N) is 2. The highest BCUT2D eigenvalue weighted by Gasteiger charge is 2.12. The van der Waals surface area contributed by atoms with Gasteiger partial charge in [0.05, 0.1) is 0 Å². The smallest absolute Gasteiger partial charge is 0.363 e. The van der Waals surface area contributed by atoms with Crippen LogP contribution in [0.5, 0.6) is 0 Å². The average molecular weight is 187 g/mol. The van der Waals surface area contributed by atoms with Gasteiger partial charge in [-0.15, -0.1) is 0 Å². The van der Waals surface area contributed by atoms with Crippen LogP contribution < -0.4 is 16.9 Å². The summed E-state index contributed by atoms with van der Waals surface area (Å²) in [7, 11) is 0. The molecule has 13 heavy (non-hydrogen) atoms. The van der Waals surface area contributed by atoms with E-state index < -0.39 is 12.0 Å². The predicted octanol–water partition coefficient (Wildman–Crippen LogP) is -1.41. The Labute approximate surface area is 71.0 Å². The van der Waals surface area contributed by atoms with Gasteiger partial charge in [0.25, 0.3) is 11.7 Å². The van der Waals surface area contributed by atoms with Crippen LogP contribution in [0.3, 0.4) is 0 Å². The van der Waals surface area contributed by atoms with Crippen molar-refractivity contribution in [1.82, 2.24) is 10.1 Å². The number of hydrogen-bond donors (Lipinski definition) is 3. The minimum Gasteiger partial charge on any atom is -0.363 e. The molecule has 0 fully saturated rings. The number of nitrogens with two attached hydrogens (primary N) is 2. The molecule has 1 rings (SSSR count). The third-order valence-corrected chi connectivity index (χ3v) is 0.962. The zero-order valence-corrected chi connectivity index (χ0v) is 6.18. The van der Waals surface area contributed by atoms with Crippen LogP contribution in [0.4, 0.5) is 10.8 Å². The first kappa shape index (κ1) is 8.93. The Morgan fingerprint density at radius 2 is 2.23 bits per heavy atom. The first-order chi connectivity index (χ1) is 6.13. The Hall–Kier alpha value is -2.16. The molecular formula is C4H5N5O4. The summed E-state index contributed by atoms with van der Waals surface area (Å²) in [5.41, 5.74) is 4.80. The Balaban J connectivity index is 2.69. The maximum atomic E-state index is 10.5. The molecular weight excluding hydrogens is 182 g/mol. The van der Waals surface area contributed by atoms with Gasteiger partial charge in [0.15, 0.2) is 0 Å². The van der Waals surface area contributed by atoms with E-state index in [1.165, 1.54) is 0 Å². The fraction of sp³-hybridized carbons (Fsp3) is 0. The van der Waals surface area contributed by atoms with Crippen LogP contribution in [0.25, 0.3) is 0 Å².